The minimum Gasteiger partial charge on any atom is -0.300 e. The highest BCUT2D eigenvalue weighted by atomic mass is 79.9. The average Bonchev–Trinajstić information content (AvgIpc) is 2.42. The van der Waals surface area contributed by atoms with Crippen LogP contribution >= 0.6 is 15.9 Å². The fourth-order valence-electron chi connectivity index (χ4n) is 2.73. The average molecular weight is 261 g/mol. The van der Waals surface area contributed by atoms with E-state index in [0.29, 0.717) is 0 Å². The zero-order valence-electron chi connectivity index (χ0n) is 9.25. The lowest BCUT2D eigenvalue weighted by Crippen LogP contribution is -2.50. The standard InChI is InChI=1S/C11H21BrN2/c1-9(2)6-13-3-4-14-7-10(12)5-11(14)8-13/h9-11H,3-8H2,1-2H3. The molecule has 14 heavy (non-hydrogen) atoms. The van der Waals surface area contributed by atoms with Gasteiger partial charge in [0.05, 0.1) is 0 Å². The molecule has 2 aliphatic heterocycles. The zero-order chi connectivity index (χ0) is 10.1. The van der Waals surface area contributed by atoms with E-state index in [0.717, 1.165) is 16.8 Å². The summed E-state index contributed by atoms with van der Waals surface area (Å²) in [6.45, 7) is 11.0. The Kier molecular flexibility index (Phi) is 3.50. The maximum absolute atomic E-state index is 3.74. The Bertz CT molecular complexity index is 196. The van der Waals surface area contributed by atoms with E-state index in [9.17, 15) is 0 Å². The van der Waals surface area contributed by atoms with Crippen LogP contribution in [0.4, 0.5) is 0 Å². The van der Waals surface area contributed by atoms with E-state index >= 15 is 0 Å². The first-order valence-corrected chi connectivity index (χ1v) is 6.67. The van der Waals surface area contributed by atoms with Crippen LogP contribution in [-0.4, -0.2) is 53.4 Å². The van der Waals surface area contributed by atoms with Gasteiger partial charge in [-0.25, -0.2) is 0 Å². The van der Waals surface area contributed by atoms with Gasteiger partial charge in [0.15, 0.2) is 0 Å². The number of rotatable bonds is 2. The van der Waals surface area contributed by atoms with Gasteiger partial charge < -0.3 is 4.90 Å². The van der Waals surface area contributed by atoms with Crippen LogP contribution in [0.15, 0.2) is 0 Å². The minimum atomic E-state index is 0.742. The second-order valence-electron chi connectivity index (χ2n) is 5.14. The van der Waals surface area contributed by atoms with Gasteiger partial charge in [-0.2, -0.15) is 0 Å². The van der Waals surface area contributed by atoms with Crippen LogP contribution in [0.5, 0.6) is 0 Å². The third-order valence-electron chi connectivity index (χ3n) is 3.27. The molecule has 2 aliphatic rings. The summed E-state index contributed by atoms with van der Waals surface area (Å²) in [6.07, 6.45) is 1.34. The molecule has 0 bridgehead atoms. The zero-order valence-corrected chi connectivity index (χ0v) is 10.8. The normalized spacial score (nSPS) is 35.1. The number of hydrogen-bond donors (Lipinski definition) is 0. The minimum absolute atomic E-state index is 0.742. The van der Waals surface area contributed by atoms with Crippen molar-refractivity contribution in [1.82, 2.24) is 9.80 Å². The van der Waals surface area contributed by atoms with Gasteiger partial charge >= 0.3 is 0 Å². The van der Waals surface area contributed by atoms with Crippen LogP contribution < -0.4 is 0 Å². The Morgan fingerprint density at radius 1 is 1.29 bits per heavy atom. The first-order valence-electron chi connectivity index (χ1n) is 5.75. The molecular formula is C11H21BrN2. The quantitative estimate of drug-likeness (QED) is 0.699. The molecule has 2 heterocycles. The molecule has 0 aromatic rings. The lowest BCUT2D eigenvalue weighted by Gasteiger charge is -2.38. The third kappa shape index (κ3) is 2.50. The van der Waals surface area contributed by atoms with Crippen molar-refractivity contribution in [3.63, 3.8) is 0 Å². The van der Waals surface area contributed by atoms with E-state index in [1.165, 1.54) is 39.1 Å². The van der Waals surface area contributed by atoms with Crippen LogP contribution in [0.2, 0.25) is 0 Å². The molecule has 0 aromatic heterocycles. The van der Waals surface area contributed by atoms with Crippen molar-refractivity contribution in [3.05, 3.63) is 0 Å². The summed E-state index contributed by atoms with van der Waals surface area (Å²) in [7, 11) is 0. The molecule has 2 fully saturated rings. The van der Waals surface area contributed by atoms with Crippen LogP contribution in [0.1, 0.15) is 20.3 Å². The Hall–Kier alpha value is 0.400. The topological polar surface area (TPSA) is 6.48 Å². The van der Waals surface area contributed by atoms with Crippen LogP contribution in [0.25, 0.3) is 0 Å². The summed E-state index contributed by atoms with van der Waals surface area (Å²) in [6, 6.07) is 0.826. The molecule has 0 spiro atoms. The fraction of sp³-hybridized carbons (Fsp3) is 1.00. The smallest absolute Gasteiger partial charge is 0.0288 e. The van der Waals surface area contributed by atoms with E-state index in [1.54, 1.807) is 0 Å². The second kappa shape index (κ2) is 4.50. The summed E-state index contributed by atoms with van der Waals surface area (Å²) >= 11 is 3.74. The monoisotopic (exact) mass is 260 g/mol. The van der Waals surface area contributed by atoms with Gasteiger partial charge in [-0.1, -0.05) is 29.8 Å². The Balaban J connectivity index is 1.85. The summed E-state index contributed by atoms with van der Waals surface area (Å²) in [5.74, 6) is 0.808. The lowest BCUT2D eigenvalue weighted by atomic mass is 10.1. The molecule has 82 valence electrons. The molecule has 0 N–H and O–H groups in total. The summed E-state index contributed by atoms with van der Waals surface area (Å²) in [5, 5.41) is 0. The molecule has 0 radical (unpaired) electrons. The fourth-order valence-corrected chi connectivity index (χ4v) is 3.53. The molecule has 3 heteroatoms. The first-order chi connectivity index (χ1) is 6.65. The van der Waals surface area contributed by atoms with Gasteiger partial charge in [-0.15, -0.1) is 0 Å². The third-order valence-corrected chi connectivity index (χ3v) is 3.94. The summed E-state index contributed by atoms with van der Waals surface area (Å²) in [4.78, 5) is 6.03. The number of hydrogen-bond acceptors (Lipinski definition) is 2. The number of nitrogens with zero attached hydrogens (tertiary/aromatic N) is 2. The van der Waals surface area contributed by atoms with Crippen LogP contribution in [-0.2, 0) is 0 Å². The van der Waals surface area contributed by atoms with Crippen LogP contribution in [0.3, 0.4) is 0 Å². The van der Waals surface area contributed by atoms with E-state index < -0.39 is 0 Å². The van der Waals surface area contributed by atoms with Crippen molar-refractivity contribution in [3.8, 4) is 0 Å². The number of alkyl halides is 1. The van der Waals surface area contributed by atoms with E-state index in [4.69, 9.17) is 0 Å². The number of piperazine rings is 1. The highest BCUT2D eigenvalue weighted by Gasteiger charge is 2.34. The molecule has 0 saturated carbocycles. The Morgan fingerprint density at radius 2 is 2.07 bits per heavy atom. The maximum Gasteiger partial charge on any atom is 0.0288 e. The van der Waals surface area contributed by atoms with Crippen molar-refractivity contribution in [2.24, 2.45) is 5.92 Å². The molecule has 2 saturated heterocycles. The van der Waals surface area contributed by atoms with Gasteiger partial charge in [0, 0.05) is 43.6 Å². The van der Waals surface area contributed by atoms with Gasteiger partial charge in [0.2, 0.25) is 0 Å². The van der Waals surface area contributed by atoms with Crippen molar-refractivity contribution in [2.45, 2.75) is 31.1 Å². The molecule has 0 aromatic carbocycles. The summed E-state index contributed by atoms with van der Waals surface area (Å²) < 4.78 is 0. The van der Waals surface area contributed by atoms with Gasteiger partial charge in [-0.05, 0) is 12.3 Å². The maximum atomic E-state index is 3.74. The molecule has 0 amide bonds. The highest BCUT2D eigenvalue weighted by Crippen LogP contribution is 2.26. The lowest BCUT2D eigenvalue weighted by molar-refractivity contribution is 0.0958. The SMILES string of the molecule is CC(C)CN1CCN2CC(Br)CC2C1. The highest BCUT2D eigenvalue weighted by molar-refractivity contribution is 9.09. The number of fused-ring (bicyclic) bond motifs is 1. The van der Waals surface area contributed by atoms with Crippen LogP contribution in [0, 0.1) is 5.92 Å². The predicted molar refractivity (Wildman–Crippen MR) is 64.0 cm³/mol. The van der Waals surface area contributed by atoms with Crippen molar-refractivity contribution < 1.29 is 0 Å². The number of halogens is 1. The molecule has 2 unspecified atom stereocenters. The van der Waals surface area contributed by atoms with Crippen molar-refractivity contribution >= 4 is 15.9 Å². The molecule has 2 nitrogen and oxygen atoms in total. The second-order valence-corrected chi connectivity index (χ2v) is 6.43. The Morgan fingerprint density at radius 3 is 2.79 bits per heavy atom. The Labute approximate surface area is 95.8 Å². The van der Waals surface area contributed by atoms with Gasteiger partial charge in [0.25, 0.3) is 0 Å². The van der Waals surface area contributed by atoms with Gasteiger partial charge in [0.1, 0.15) is 0 Å². The van der Waals surface area contributed by atoms with E-state index in [1.807, 2.05) is 0 Å². The first kappa shape index (κ1) is 10.9. The van der Waals surface area contributed by atoms with Crippen molar-refractivity contribution in [2.75, 3.05) is 32.7 Å². The molecule has 0 aliphatic carbocycles. The van der Waals surface area contributed by atoms with E-state index in [-0.39, 0.29) is 0 Å². The van der Waals surface area contributed by atoms with Crippen molar-refractivity contribution in [1.29, 1.82) is 0 Å². The molecular weight excluding hydrogens is 240 g/mol. The molecule has 2 atom stereocenters. The van der Waals surface area contributed by atoms with Gasteiger partial charge in [-0.3, -0.25) is 4.90 Å². The largest absolute Gasteiger partial charge is 0.300 e. The van der Waals surface area contributed by atoms with E-state index in [2.05, 4.69) is 39.6 Å². The predicted octanol–water partition coefficient (Wildman–Crippen LogP) is 1.80. The molecule has 2 rings (SSSR count). The summed E-state index contributed by atoms with van der Waals surface area (Å²) in [5.41, 5.74) is 0.